The normalized spacial score (nSPS) is 16.2. The fourth-order valence-electron chi connectivity index (χ4n) is 3.36. The number of carbonyl (C=O) groups is 2. The molecule has 1 saturated heterocycles. The maximum Gasteiger partial charge on any atom is 0.273 e. The first-order valence-corrected chi connectivity index (χ1v) is 9.36. The molecule has 29 heavy (non-hydrogen) atoms. The molecule has 7 nitrogen and oxygen atoms in total. The third-order valence-electron chi connectivity index (χ3n) is 4.85. The van der Waals surface area contributed by atoms with Gasteiger partial charge in [0.2, 0.25) is 5.91 Å². The first-order valence-electron chi connectivity index (χ1n) is 9.36. The lowest BCUT2D eigenvalue weighted by Gasteiger charge is -2.16. The van der Waals surface area contributed by atoms with Gasteiger partial charge in [0.15, 0.2) is 5.69 Å². The number of anilines is 1. The van der Waals surface area contributed by atoms with Gasteiger partial charge in [-0.05, 0) is 29.8 Å². The molecule has 3 aromatic rings. The third kappa shape index (κ3) is 4.48. The van der Waals surface area contributed by atoms with Crippen LogP contribution in [0.4, 0.5) is 10.1 Å². The lowest BCUT2D eigenvalue weighted by molar-refractivity contribution is -0.117. The van der Waals surface area contributed by atoms with Crippen molar-refractivity contribution in [2.45, 2.75) is 13.0 Å². The van der Waals surface area contributed by atoms with Crippen molar-refractivity contribution in [2.24, 2.45) is 5.92 Å². The molecule has 0 radical (unpaired) electrons. The minimum absolute atomic E-state index is 0.0425. The van der Waals surface area contributed by atoms with E-state index in [-0.39, 0.29) is 29.2 Å². The van der Waals surface area contributed by atoms with E-state index in [1.165, 1.54) is 16.8 Å². The van der Waals surface area contributed by atoms with E-state index in [0.29, 0.717) is 26.1 Å². The minimum Gasteiger partial charge on any atom is -0.350 e. The second-order valence-corrected chi connectivity index (χ2v) is 7.05. The fourth-order valence-corrected chi connectivity index (χ4v) is 3.36. The summed E-state index contributed by atoms with van der Waals surface area (Å²) in [7, 11) is 0. The molecule has 1 N–H and O–H groups in total. The predicted molar refractivity (Wildman–Crippen MR) is 105 cm³/mol. The van der Waals surface area contributed by atoms with Crippen LogP contribution >= 0.6 is 0 Å². The van der Waals surface area contributed by atoms with E-state index in [1.807, 2.05) is 30.3 Å². The van der Waals surface area contributed by atoms with Gasteiger partial charge in [-0.15, -0.1) is 5.10 Å². The number of amides is 2. The van der Waals surface area contributed by atoms with Crippen LogP contribution in [0.1, 0.15) is 22.5 Å². The van der Waals surface area contributed by atoms with E-state index in [9.17, 15) is 14.0 Å². The number of rotatable bonds is 6. The zero-order valence-corrected chi connectivity index (χ0v) is 15.7. The summed E-state index contributed by atoms with van der Waals surface area (Å²) in [5.41, 5.74) is 1.93. The molecule has 0 bridgehead atoms. The molecular weight excluding hydrogens is 373 g/mol. The molecule has 8 heteroatoms. The van der Waals surface area contributed by atoms with Crippen molar-refractivity contribution in [1.82, 2.24) is 20.3 Å². The van der Waals surface area contributed by atoms with Gasteiger partial charge in [0.25, 0.3) is 5.91 Å². The van der Waals surface area contributed by atoms with Crippen molar-refractivity contribution in [3.8, 4) is 0 Å². The highest BCUT2D eigenvalue weighted by molar-refractivity contribution is 5.96. The van der Waals surface area contributed by atoms with Gasteiger partial charge < -0.3 is 10.2 Å². The number of halogens is 1. The number of aromatic nitrogens is 3. The molecule has 1 fully saturated rings. The summed E-state index contributed by atoms with van der Waals surface area (Å²) in [4.78, 5) is 26.4. The van der Waals surface area contributed by atoms with Crippen LogP contribution in [0.15, 0.2) is 60.8 Å². The zero-order chi connectivity index (χ0) is 20.2. The van der Waals surface area contributed by atoms with E-state index >= 15 is 0 Å². The molecule has 1 atom stereocenters. The summed E-state index contributed by atoms with van der Waals surface area (Å²) < 4.78 is 14.5. The summed E-state index contributed by atoms with van der Waals surface area (Å²) in [5.74, 6) is -0.536. The molecule has 0 aliphatic carbocycles. The van der Waals surface area contributed by atoms with Crippen LogP contribution in [-0.2, 0) is 11.3 Å². The van der Waals surface area contributed by atoms with E-state index < -0.39 is 0 Å². The van der Waals surface area contributed by atoms with Crippen molar-refractivity contribution in [3.05, 3.63) is 77.9 Å². The Morgan fingerprint density at radius 2 is 1.90 bits per heavy atom. The van der Waals surface area contributed by atoms with Crippen LogP contribution in [0, 0.1) is 11.7 Å². The van der Waals surface area contributed by atoms with Gasteiger partial charge in [0.05, 0.1) is 12.7 Å². The highest BCUT2D eigenvalue weighted by Gasteiger charge is 2.30. The maximum absolute atomic E-state index is 13.0. The van der Waals surface area contributed by atoms with Crippen LogP contribution in [0.5, 0.6) is 0 Å². The van der Waals surface area contributed by atoms with Crippen LogP contribution in [0.3, 0.4) is 0 Å². The van der Waals surface area contributed by atoms with Gasteiger partial charge in [-0.2, -0.15) is 0 Å². The quantitative estimate of drug-likeness (QED) is 0.697. The van der Waals surface area contributed by atoms with Crippen LogP contribution in [-0.4, -0.2) is 39.9 Å². The topological polar surface area (TPSA) is 80.1 Å². The lowest BCUT2D eigenvalue weighted by atomic mass is 10.1. The summed E-state index contributed by atoms with van der Waals surface area (Å²) in [6.45, 7) is 1.35. The first-order chi connectivity index (χ1) is 14.1. The number of carbonyl (C=O) groups excluding carboxylic acids is 2. The largest absolute Gasteiger partial charge is 0.350 e. The standard InChI is InChI=1S/C21H20FN5O2/c22-17-8-6-15(7-9-17)12-26-14-19(24-25-26)21(29)23-11-16-10-20(28)27(13-16)18-4-2-1-3-5-18/h1-9,14,16H,10-13H2,(H,23,29). The van der Waals surface area contributed by atoms with Crippen molar-refractivity contribution >= 4 is 17.5 Å². The third-order valence-corrected chi connectivity index (χ3v) is 4.85. The molecule has 1 aliphatic rings. The Hall–Kier alpha value is -3.55. The monoisotopic (exact) mass is 393 g/mol. The summed E-state index contributed by atoms with van der Waals surface area (Å²) in [5, 5.41) is 10.7. The smallest absolute Gasteiger partial charge is 0.273 e. The number of hydrogen-bond donors (Lipinski definition) is 1. The molecule has 1 unspecified atom stereocenters. The predicted octanol–water partition coefficient (Wildman–Crippen LogP) is 2.25. The highest BCUT2D eigenvalue weighted by atomic mass is 19.1. The van der Waals surface area contributed by atoms with Gasteiger partial charge in [0.1, 0.15) is 5.82 Å². The molecule has 148 valence electrons. The number of hydrogen-bond acceptors (Lipinski definition) is 4. The fraction of sp³-hybridized carbons (Fsp3) is 0.238. The van der Waals surface area contributed by atoms with Gasteiger partial charge in [0, 0.05) is 31.1 Å². The van der Waals surface area contributed by atoms with Crippen molar-refractivity contribution in [3.63, 3.8) is 0 Å². The molecule has 4 rings (SSSR count). The van der Waals surface area contributed by atoms with Gasteiger partial charge in [-0.3, -0.25) is 9.59 Å². The van der Waals surface area contributed by atoms with Crippen molar-refractivity contribution in [2.75, 3.05) is 18.0 Å². The molecule has 1 aliphatic heterocycles. The average Bonchev–Trinajstić information content (AvgIpc) is 3.35. The van der Waals surface area contributed by atoms with E-state index in [0.717, 1.165) is 11.3 Å². The SMILES string of the molecule is O=C(NCC1CC(=O)N(c2ccccc2)C1)c1cn(Cc2ccc(F)cc2)nn1. The summed E-state index contributed by atoms with van der Waals surface area (Å²) in [6.07, 6.45) is 1.95. The minimum atomic E-state index is -0.332. The first kappa shape index (κ1) is 18.8. The van der Waals surface area contributed by atoms with Crippen molar-refractivity contribution in [1.29, 1.82) is 0 Å². The Bertz CT molecular complexity index is 1000. The lowest BCUT2D eigenvalue weighted by Crippen LogP contribution is -2.31. The van der Waals surface area contributed by atoms with E-state index in [1.54, 1.807) is 23.2 Å². The van der Waals surface area contributed by atoms with Crippen LogP contribution in [0.25, 0.3) is 0 Å². The number of nitrogens with zero attached hydrogens (tertiary/aromatic N) is 4. The van der Waals surface area contributed by atoms with Gasteiger partial charge >= 0.3 is 0 Å². The molecule has 0 saturated carbocycles. The Balaban J connectivity index is 1.31. The molecular formula is C21H20FN5O2. The molecule has 2 amide bonds. The molecule has 0 spiro atoms. The van der Waals surface area contributed by atoms with E-state index in [4.69, 9.17) is 0 Å². The number of nitrogens with one attached hydrogen (secondary N) is 1. The summed E-state index contributed by atoms with van der Waals surface area (Å²) >= 11 is 0. The van der Waals surface area contributed by atoms with E-state index in [2.05, 4.69) is 15.6 Å². The zero-order valence-electron chi connectivity index (χ0n) is 15.7. The van der Waals surface area contributed by atoms with Crippen LogP contribution in [0.2, 0.25) is 0 Å². The second kappa shape index (κ2) is 8.22. The van der Waals surface area contributed by atoms with Gasteiger partial charge in [-0.1, -0.05) is 35.5 Å². The molecule has 1 aromatic heterocycles. The Kier molecular flexibility index (Phi) is 5.33. The molecule has 2 heterocycles. The van der Waals surface area contributed by atoms with Crippen molar-refractivity contribution < 1.29 is 14.0 Å². The second-order valence-electron chi connectivity index (χ2n) is 7.05. The highest BCUT2D eigenvalue weighted by Crippen LogP contribution is 2.24. The Morgan fingerprint density at radius 3 is 2.66 bits per heavy atom. The maximum atomic E-state index is 13.0. The number of para-hydroxylation sites is 1. The Morgan fingerprint density at radius 1 is 1.14 bits per heavy atom. The Labute approximate surface area is 167 Å². The number of benzene rings is 2. The van der Waals surface area contributed by atoms with Gasteiger partial charge in [-0.25, -0.2) is 9.07 Å². The average molecular weight is 393 g/mol. The summed E-state index contributed by atoms with van der Waals surface area (Å²) in [6, 6.07) is 15.6. The van der Waals surface area contributed by atoms with Crippen LogP contribution < -0.4 is 10.2 Å². The molecule has 2 aromatic carbocycles.